The van der Waals surface area contributed by atoms with Gasteiger partial charge in [0.1, 0.15) is 0 Å². The molecule has 2 aromatic rings. The molecule has 3 heteroatoms. The zero-order valence-corrected chi connectivity index (χ0v) is 14.0. The van der Waals surface area contributed by atoms with E-state index >= 15 is 0 Å². The van der Waals surface area contributed by atoms with E-state index in [1.165, 1.54) is 11.1 Å². The van der Waals surface area contributed by atoms with Crippen molar-refractivity contribution in [1.29, 1.82) is 0 Å². The number of aryl methyl sites for hydroxylation is 1. The van der Waals surface area contributed by atoms with Gasteiger partial charge < -0.3 is 11.1 Å². The molecular formula is C20H26N2O. The van der Waals surface area contributed by atoms with Crippen LogP contribution in [-0.2, 0) is 11.2 Å². The largest absolute Gasteiger partial charge is 0.354 e. The Morgan fingerprint density at radius 2 is 1.70 bits per heavy atom. The van der Waals surface area contributed by atoms with Crippen molar-refractivity contribution in [2.45, 2.75) is 38.6 Å². The molecule has 0 aliphatic heterocycles. The van der Waals surface area contributed by atoms with Gasteiger partial charge >= 0.3 is 0 Å². The van der Waals surface area contributed by atoms with E-state index in [-0.39, 0.29) is 17.9 Å². The van der Waals surface area contributed by atoms with E-state index in [1.54, 1.807) is 0 Å². The Kier molecular flexibility index (Phi) is 6.36. The zero-order valence-electron chi connectivity index (χ0n) is 14.0. The maximum absolute atomic E-state index is 12.1. The Morgan fingerprint density at radius 3 is 2.30 bits per heavy atom. The molecule has 2 aromatic carbocycles. The minimum atomic E-state index is -0.167. The Balaban J connectivity index is 1.81. The first-order valence-corrected chi connectivity index (χ1v) is 8.26. The minimum absolute atomic E-state index is 0.0449. The number of amides is 1. The molecule has 0 aliphatic rings. The molecule has 2 unspecified atom stereocenters. The summed E-state index contributed by atoms with van der Waals surface area (Å²) in [6.07, 6.45) is 1.51. The Morgan fingerprint density at radius 1 is 1.04 bits per heavy atom. The summed E-state index contributed by atoms with van der Waals surface area (Å²) in [5.74, 6) is 0.248. The summed E-state index contributed by atoms with van der Waals surface area (Å²) in [4.78, 5) is 12.1. The van der Waals surface area contributed by atoms with Crippen molar-refractivity contribution in [3.05, 3.63) is 71.3 Å². The normalized spacial score (nSPS) is 13.3. The lowest BCUT2D eigenvalue weighted by molar-refractivity contribution is -0.121. The lowest BCUT2D eigenvalue weighted by Crippen LogP contribution is -2.32. The fourth-order valence-electron chi connectivity index (χ4n) is 2.59. The molecule has 2 atom stereocenters. The van der Waals surface area contributed by atoms with E-state index in [9.17, 15) is 4.79 Å². The van der Waals surface area contributed by atoms with Gasteiger partial charge in [0.2, 0.25) is 5.91 Å². The fourth-order valence-corrected chi connectivity index (χ4v) is 2.59. The van der Waals surface area contributed by atoms with E-state index in [0.29, 0.717) is 13.0 Å². The maximum Gasteiger partial charge on any atom is 0.220 e. The maximum atomic E-state index is 12.1. The van der Waals surface area contributed by atoms with Crippen molar-refractivity contribution in [3.8, 4) is 0 Å². The quantitative estimate of drug-likeness (QED) is 0.821. The fraction of sp³-hybridized carbons (Fsp3) is 0.350. The summed E-state index contributed by atoms with van der Waals surface area (Å²) in [5.41, 5.74) is 9.66. The highest BCUT2D eigenvalue weighted by molar-refractivity contribution is 5.76. The molecule has 0 spiro atoms. The SMILES string of the molecule is CCc1ccc(C(C)CC(=O)NCC(N)c2ccccc2)cc1. The van der Waals surface area contributed by atoms with Gasteiger partial charge in [-0.1, -0.05) is 68.4 Å². The van der Waals surface area contributed by atoms with Gasteiger partial charge in [-0.25, -0.2) is 0 Å². The van der Waals surface area contributed by atoms with Crippen molar-refractivity contribution in [2.75, 3.05) is 6.54 Å². The lowest BCUT2D eigenvalue weighted by Gasteiger charge is -2.15. The number of nitrogens with two attached hydrogens (primary N) is 1. The highest BCUT2D eigenvalue weighted by Crippen LogP contribution is 2.19. The summed E-state index contributed by atoms with van der Waals surface area (Å²) in [6, 6.07) is 18.2. The number of hydrogen-bond donors (Lipinski definition) is 2. The van der Waals surface area contributed by atoms with Crippen LogP contribution in [0.3, 0.4) is 0 Å². The Bertz CT molecular complexity index is 607. The Labute approximate surface area is 138 Å². The van der Waals surface area contributed by atoms with Crippen molar-refractivity contribution in [1.82, 2.24) is 5.32 Å². The van der Waals surface area contributed by atoms with Crippen molar-refractivity contribution in [3.63, 3.8) is 0 Å². The second kappa shape index (κ2) is 8.49. The molecule has 0 saturated carbocycles. The van der Waals surface area contributed by atoms with Gasteiger partial charge in [0.15, 0.2) is 0 Å². The van der Waals surface area contributed by atoms with Gasteiger partial charge in [0.25, 0.3) is 0 Å². The van der Waals surface area contributed by atoms with Crippen LogP contribution in [0.25, 0.3) is 0 Å². The van der Waals surface area contributed by atoms with E-state index in [0.717, 1.165) is 12.0 Å². The first-order valence-electron chi connectivity index (χ1n) is 8.26. The first-order chi connectivity index (χ1) is 11.1. The molecule has 0 aromatic heterocycles. The molecule has 0 radical (unpaired) electrons. The smallest absolute Gasteiger partial charge is 0.220 e. The molecule has 2 rings (SSSR count). The minimum Gasteiger partial charge on any atom is -0.354 e. The monoisotopic (exact) mass is 310 g/mol. The second-order valence-corrected chi connectivity index (χ2v) is 6.02. The van der Waals surface area contributed by atoms with Crippen LogP contribution >= 0.6 is 0 Å². The van der Waals surface area contributed by atoms with Crippen LogP contribution in [0.4, 0.5) is 0 Å². The highest BCUT2D eigenvalue weighted by Gasteiger charge is 2.13. The van der Waals surface area contributed by atoms with E-state index in [1.807, 2.05) is 30.3 Å². The summed E-state index contributed by atoms with van der Waals surface area (Å²) < 4.78 is 0. The predicted octanol–water partition coefficient (Wildman–Crippen LogP) is 3.56. The molecule has 23 heavy (non-hydrogen) atoms. The number of hydrogen-bond acceptors (Lipinski definition) is 2. The molecule has 0 fully saturated rings. The summed E-state index contributed by atoms with van der Waals surface area (Å²) in [5, 5.41) is 2.94. The van der Waals surface area contributed by atoms with Crippen molar-refractivity contribution in [2.24, 2.45) is 5.73 Å². The van der Waals surface area contributed by atoms with Crippen LogP contribution < -0.4 is 11.1 Å². The van der Waals surface area contributed by atoms with Crippen LogP contribution in [0.2, 0.25) is 0 Å². The molecular weight excluding hydrogens is 284 g/mol. The van der Waals surface area contributed by atoms with Crippen LogP contribution in [0.1, 0.15) is 48.9 Å². The predicted molar refractivity (Wildman–Crippen MR) is 95.2 cm³/mol. The summed E-state index contributed by atoms with van der Waals surface area (Å²) in [6.45, 7) is 4.68. The van der Waals surface area contributed by atoms with Gasteiger partial charge in [-0.3, -0.25) is 4.79 Å². The second-order valence-electron chi connectivity index (χ2n) is 6.02. The molecule has 3 nitrogen and oxygen atoms in total. The van der Waals surface area contributed by atoms with Gasteiger partial charge in [0.05, 0.1) is 0 Å². The third kappa shape index (κ3) is 5.22. The van der Waals surface area contributed by atoms with Crippen LogP contribution in [-0.4, -0.2) is 12.5 Å². The molecule has 0 aliphatic carbocycles. The van der Waals surface area contributed by atoms with Crippen LogP contribution in [0.5, 0.6) is 0 Å². The van der Waals surface area contributed by atoms with Gasteiger partial charge in [0, 0.05) is 19.0 Å². The van der Waals surface area contributed by atoms with Gasteiger partial charge in [-0.15, -0.1) is 0 Å². The standard InChI is InChI=1S/C20H26N2O/c1-3-16-9-11-17(12-10-16)15(2)13-20(23)22-14-19(21)18-7-5-4-6-8-18/h4-12,15,19H,3,13-14,21H2,1-2H3,(H,22,23). The van der Waals surface area contributed by atoms with E-state index < -0.39 is 0 Å². The number of carbonyl (C=O) groups is 1. The molecule has 0 saturated heterocycles. The van der Waals surface area contributed by atoms with Crippen LogP contribution in [0.15, 0.2) is 54.6 Å². The molecule has 1 amide bonds. The lowest BCUT2D eigenvalue weighted by atomic mass is 9.96. The summed E-state index contributed by atoms with van der Waals surface area (Å²) >= 11 is 0. The Hall–Kier alpha value is -2.13. The van der Waals surface area contributed by atoms with Crippen LogP contribution in [0, 0.1) is 0 Å². The van der Waals surface area contributed by atoms with E-state index in [4.69, 9.17) is 5.73 Å². The number of rotatable bonds is 7. The highest BCUT2D eigenvalue weighted by atomic mass is 16.1. The number of nitrogens with one attached hydrogen (secondary N) is 1. The molecule has 0 heterocycles. The molecule has 0 bridgehead atoms. The van der Waals surface area contributed by atoms with Crippen molar-refractivity contribution >= 4 is 5.91 Å². The van der Waals surface area contributed by atoms with Gasteiger partial charge in [-0.2, -0.15) is 0 Å². The number of benzene rings is 2. The topological polar surface area (TPSA) is 55.1 Å². The average molecular weight is 310 g/mol. The zero-order chi connectivity index (χ0) is 16.7. The average Bonchev–Trinajstić information content (AvgIpc) is 2.60. The third-order valence-electron chi connectivity index (χ3n) is 4.20. The number of carbonyl (C=O) groups excluding carboxylic acids is 1. The molecule has 122 valence electrons. The first kappa shape index (κ1) is 17.2. The third-order valence-corrected chi connectivity index (χ3v) is 4.20. The van der Waals surface area contributed by atoms with E-state index in [2.05, 4.69) is 43.4 Å². The summed E-state index contributed by atoms with van der Waals surface area (Å²) in [7, 11) is 0. The van der Waals surface area contributed by atoms with Crippen molar-refractivity contribution < 1.29 is 4.79 Å². The van der Waals surface area contributed by atoms with Gasteiger partial charge in [-0.05, 0) is 29.0 Å². The molecule has 3 N–H and O–H groups in total.